The minimum Gasteiger partial charge on any atom is -0.484 e. The lowest BCUT2D eigenvalue weighted by molar-refractivity contribution is -0.130. The number of carbonyl (C=O) groups excluding carboxylic acids is 2. The molecule has 1 saturated heterocycles. The molecule has 1 aliphatic rings. The van der Waals surface area contributed by atoms with Crippen molar-refractivity contribution in [2.24, 2.45) is 5.92 Å². The SMILES string of the molecule is CN(C)C(=O)COc1cccc(NC(=O)CCC2CCNC2)c1.Cl. The first-order valence-electron chi connectivity index (χ1n) is 7.98. The van der Waals surface area contributed by atoms with Gasteiger partial charge in [-0.3, -0.25) is 9.59 Å². The molecule has 2 amide bonds. The highest BCUT2D eigenvalue weighted by Crippen LogP contribution is 2.19. The van der Waals surface area contributed by atoms with Crippen LogP contribution >= 0.6 is 12.4 Å². The lowest BCUT2D eigenvalue weighted by atomic mass is 10.0. The van der Waals surface area contributed by atoms with Crippen LogP contribution in [0, 0.1) is 5.92 Å². The number of nitrogens with zero attached hydrogens (tertiary/aromatic N) is 1. The molecule has 1 aromatic rings. The van der Waals surface area contributed by atoms with E-state index in [0.717, 1.165) is 25.9 Å². The number of halogens is 1. The number of rotatable bonds is 7. The number of carbonyl (C=O) groups is 2. The fraction of sp³-hybridized carbons (Fsp3) is 0.529. The van der Waals surface area contributed by atoms with Crippen LogP contribution in [-0.4, -0.2) is 50.5 Å². The smallest absolute Gasteiger partial charge is 0.259 e. The molecule has 0 spiro atoms. The van der Waals surface area contributed by atoms with E-state index in [1.807, 2.05) is 6.07 Å². The third-order valence-corrected chi connectivity index (χ3v) is 3.92. The summed E-state index contributed by atoms with van der Waals surface area (Å²) >= 11 is 0. The van der Waals surface area contributed by atoms with Gasteiger partial charge in [0, 0.05) is 32.3 Å². The molecule has 1 unspecified atom stereocenters. The zero-order valence-electron chi connectivity index (χ0n) is 14.2. The van der Waals surface area contributed by atoms with Crippen LogP contribution < -0.4 is 15.4 Å². The molecule has 1 aliphatic heterocycles. The largest absolute Gasteiger partial charge is 0.484 e. The van der Waals surface area contributed by atoms with Crippen LogP contribution in [-0.2, 0) is 9.59 Å². The highest BCUT2D eigenvalue weighted by Gasteiger charge is 2.15. The van der Waals surface area contributed by atoms with Gasteiger partial charge in [-0.1, -0.05) is 6.07 Å². The maximum Gasteiger partial charge on any atom is 0.259 e. The van der Waals surface area contributed by atoms with E-state index in [2.05, 4.69) is 10.6 Å². The Kier molecular flexibility index (Phi) is 8.57. The lowest BCUT2D eigenvalue weighted by Crippen LogP contribution is -2.27. The van der Waals surface area contributed by atoms with Crippen molar-refractivity contribution in [3.8, 4) is 5.75 Å². The first-order valence-corrected chi connectivity index (χ1v) is 7.98. The van der Waals surface area contributed by atoms with E-state index >= 15 is 0 Å². The van der Waals surface area contributed by atoms with Gasteiger partial charge >= 0.3 is 0 Å². The summed E-state index contributed by atoms with van der Waals surface area (Å²) in [6.07, 6.45) is 2.58. The number of benzene rings is 1. The molecule has 0 aliphatic carbocycles. The third-order valence-electron chi connectivity index (χ3n) is 3.92. The van der Waals surface area contributed by atoms with Gasteiger partial charge in [-0.2, -0.15) is 0 Å². The summed E-state index contributed by atoms with van der Waals surface area (Å²) in [7, 11) is 3.37. The van der Waals surface area contributed by atoms with Gasteiger partial charge in [-0.05, 0) is 44.0 Å². The van der Waals surface area contributed by atoms with Crippen LogP contribution in [0.1, 0.15) is 19.3 Å². The molecule has 0 radical (unpaired) electrons. The molecule has 1 aromatic carbocycles. The molecular weight excluding hydrogens is 330 g/mol. The minimum absolute atomic E-state index is 0. The standard InChI is InChI=1S/C17H25N3O3.ClH/c1-20(2)17(22)12-23-15-5-3-4-14(10-15)19-16(21)7-6-13-8-9-18-11-13;/h3-5,10,13,18H,6-9,11-12H2,1-2H3,(H,19,21);1H. The predicted molar refractivity (Wildman–Crippen MR) is 96.7 cm³/mol. The first-order chi connectivity index (χ1) is 11.0. The van der Waals surface area contributed by atoms with Gasteiger partial charge in [0.2, 0.25) is 5.91 Å². The number of amides is 2. The van der Waals surface area contributed by atoms with Crippen LogP contribution in [0.25, 0.3) is 0 Å². The average molecular weight is 356 g/mol. The normalized spacial score (nSPS) is 16.2. The van der Waals surface area contributed by atoms with Gasteiger partial charge in [0.05, 0.1) is 0 Å². The van der Waals surface area contributed by atoms with Gasteiger partial charge in [-0.15, -0.1) is 12.4 Å². The summed E-state index contributed by atoms with van der Waals surface area (Å²) < 4.78 is 5.44. The van der Waals surface area contributed by atoms with E-state index in [0.29, 0.717) is 23.8 Å². The second-order valence-corrected chi connectivity index (χ2v) is 6.05. The second-order valence-electron chi connectivity index (χ2n) is 6.05. The van der Waals surface area contributed by atoms with Gasteiger partial charge < -0.3 is 20.3 Å². The van der Waals surface area contributed by atoms with Crippen LogP contribution in [0.3, 0.4) is 0 Å². The molecule has 0 aromatic heterocycles. The van der Waals surface area contributed by atoms with Crippen molar-refractivity contribution >= 4 is 29.9 Å². The van der Waals surface area contributed by atoms with Gasteiger partial charge in [0.25, 0.3) is 5.91 Å². The van der Waals surface area contributed by atoms with Gasteiger partial charge in [0.1, 0.15) is 5.75 Å². The number of likely N-dealkylation sites (N-methyl/N-ethyl adjacent to an activating group) is 1. The summed E-state index contributed by atoms with van der Waals surface area (Å²) in [4.78, 5) is 25.0. The Morgan fingerprint density at radius 3 is 2.83 bits per heavy atom. The van der Waals surface area contributed by atoms with Crippen molar-refractivity contribution in [2.75, 3.05) is 39.1 Å². The lowest BCUT2D eigenvalue weighted by Gasteiger charge is -2.12. The maximum atomic E-state index is 12.0. The minimum atomic E-state index is -0.107. The van der Waals surface area contributed by atoms with Crippen LogP contribution in [0.5, 0.6) is 5.75 Å². The number of hydrogen-bond donors (Lipinski definition) is 2. The Morgan fingerprint density at radius 1 is 1.38 bits per heavy atom. The molecule has 6 nitrogen and oxygen atoms in total. The zero-order chi connectivity index (χ0) is 16.7. The molecule has 1 fully saturated rings. The Labute approximate surface area is 149 Å². The van der Waals surface area contributed by atoms with Crippen molar-refractivity contribution in [2.45, 2.75) is 19.3 Å². The van der Waals surface area contributed by atoms with E-state index in [1.165, 1.54) is 4.90 Å². The predicted octanol–water partition coefficient (Wildman–Crippen LogP) is 1.90. The summed E-state index contributed by atoms with van der Waals surface area (Å²) in [5.74, 6) is 1.08. The van der Waals surface area contributed by atoms with Crippen molar-refractivity contribution < 1.29 is 14.3 Å². The van der Waals surface area contributed by atoms with Crippen molar-refractivity contribution in [3.05, 3.63) is 24.3 Å². The highest BCUT2D eigenvalue weighted by molar-refractivity contribution is 5.90. The summed E-state index contributed by atoms with van der Waals surface area (Å²) in [5, 5.41) is 6.19. The summed E-state index contributed by atoms with van der Waals surface area (Å²) in [6, 6.07) is 7.11. The van der Waals surface area contributed by atoms with E-state index in [-0.39, 0.29) is 30.8 Å². The number of nitrogens with one attached hydrogen (secondary N) is 2. The molecule has 2 N–H and O–H groups in total. The molecule has 1 atom stereocenters. The van der Waals surface area contributed by atoms with E-state index in [4.69, 9.17) is 4.74 Å². The molecule has 0 bridgehead atoms. The molecule has 2 rings (SSSR count). The fourth-order valence-electron chi connectivity index (χ4n) is 2.46. The van der Waals surface area contributed by atoms with Crippen LogP contribution in [0.2, 0.25) is 0 Å². The number of hydrogen-bond acceptors (Lipinski definition) is 4. The number of ether oxygens (including phenoxy) is 1. The molecule has 134 valence electrons. The molecular formula is C17H26ClN3O3. The van der Waals surface area contributed by atoms with E-state index in [9.17, 15) is 9.59 Å². The van der Waals surface area contributed by atoms with Crippen LogP contribution in [0.4, 0.5) is 5.69 Å². The van der Waals surface area contributed by atoms with Gasteiger partial charge in [0.15, 0.2) is 6.61 Å². The summed E-state index contributed by atoms with van der Waals surface area (Å²) in [6.45, 7) is 2.05. The first kappa shape index (κ1) is 20.3. The molecule has 0 saturated carbocycles. The monoisotopic (exact) mass is 355 g/mol. The zero-order valence-corrected chi connectivity index (χ0v) is 15.0. The number of anilines is 1. The Bertz CT molecular complexity index is 546. The fourth-order valence-corrected chi connectivity index (χ4v) is 2.46. The molecule has 24 heavy (non-hydrogen) atoms. The van der Waals surface area contributed by atoms with Crippen molar-refractivity contribution in [1.29, 1.82) is 0 Å². The maximum absolute atomic E-state index is 12.0. The van der Waals surface area contributed by atoms with E-state index < -0.39 is 0 Å². The van der Waals surface area contributed by atoms with Crippen LogP contribution in [0.15, 0.2) is 24.3 Å². The Hall–Kier alpha value is -1.79. The van der Waals surface area contributed by atoms with Crippen molar-refractivity contribution in [3.63, 3.8) is 0 Å². The topological polar surface area (TPSA) is 70.7 Å². The molecule has 1 heterocycles. The quantitative estimate of drug-likeness (QED) is 0.783. The van der Waals surface area contributed by atoms with Crippen molar-refractivity contribution in [1.82, 2.24) is 10.2 Å². The Morgan fingerprint density at radius 2 is 2.17 bits per heavy atom. The third kappa shape index (κ3) is 6.76. The average Bonchev–Trinajstić information content (AvgIpc) is 3.04. The van der Waals surface area contributed by atoms with E-state index in [1.54, 1.807) is 32.3 Å². The summed E-state index contributed by atoms with van der Waals surface area (Å²) in [5.41, 5.74) is 0.689. The van der Waals surface area contributed by atoms with Gasteiger partial charge in [-0.25, -0.2) is 0 Å². The Balaban J connectivity index is 0.00000288. The molecule has 7 heteroatoms. The second kappa shape index (κ2) is 10.2. The highest BCUT2D eigenvalue weighted by atomic mass is 35.5.